The molecule has 2 heteroatoms. The Morgan fingerprint density at radius 2 is 2.00 bits per heavy atom. The van der Waals surface area contributed by atoms with Crippen LogP contribution in [0.15, 0.2) is 0 Å². The summed E-state index contributed by atoms with van der Waals surface area (Å²) in [5.74, 6) is 0. The molecule has 1 heterocycles. The number of likely N-dealkylation sites (tertiary alicyclic amines) is 1. The minimum Gasteiger partial charge on any atom is -0.330 e. The van der Waals surface area contributed by atoms with Crippen molar-refractivity contribution in [3.05, 3.63) is 0 Å². The predicted molar refractivity (Wildman–Crippen MR) is 74.1 cm³/mol. The van der Waals surface area contributed by atoms with Gasteiger partial charge in [0.2, 0.25) is 0 Å². The molecule has 0 radical (unpaired) electrons. The van der Waals surface area contributed by atoms with E-state index < -0.39 is 0 Å². The highest BCUT2D eigenvalue weighted by Crippen LogP contribution is 2.43. The fraction of sp³-hybridized carbons (Fsp3) is 1.00. The van der Waals surface area contributed by atoms with Crippen LogP contribution in [0.1, 0.15) is 64.7 Å². The second kappa shape index (κ2) is 6.19. The van der Waals surface area contributed by atoms with Crippen LogP contribution >= 0.6 is 0 Å². The molecule has 100 valence electrons. The first-order valence-electron chi connectivity index (χ1n) is 7.74. The lowest BCUT2D eigenvalue weighted by atomic mass is 9.66. The van der Waals surface area contributed by atoms with E-state index in [-0.39, 0.29) is 0 Å². The molecule has 0 aromatic carbocycles. The fourth-order valence-electron chi connectivity index (χ4n) is 3.61. The smallest absolute Gasteiger partial charge is 0.00926 e. The maximum atomic E-state index is 5.96. The van der Waals surface area contributed by atoms with Gasteiger partial charge in [0.15, 0.2) is 0 Å². The van der Waals surface area contributed by atoms with E-state index in [0.29, 0.717) is 5.41 Å². The predicted octanol–water partition coefficient (Wildman–Crippen LogP) is 3.16. The average Bonchev–Trinajstić information content (AvgIpc) is 2.53. The van der Waals surface area contributed by atoms with E-state index in [1.54, 1.807) is 0 Å². The average molecular weight is 238 g/mol. The molecule has 0 aromatic rings. The lowest BCUT2D eigenvalue weighted by molar-refractivity contribution is 0.0910. The van der Waals surface area contributed by atoms with Gasteiger partial charge in [0.25, 0.3) is 0 Å². The first-order chi connectivity index (χ1) is 8.29. The Hall–Kier alpha value is -0.0800. The molecule has 17 heavy (non-hydrogen) atoms. The van der Waals surface area contributed by atoms with Crippen molar-refractivity contribution in [1.82, 2.24) is 4.90 Å². The zero-order chi connectivity index (χ0) is 12.1. The van der Waals surface area contributed by atoms with E-state index in [4.69, 9.17) is 5.73 Å². The van der Waals surface area contributed by atoms with Crippen LogP contribution in [0.4, 0.5) is 0 Å². The van der Waals surface area contributed by atoms with Crippen LogP contribution in [0.2, 0.25) is 0 Å². The Labute approximate surface area is 107 Å². The summed E-state index contributed by atoms with van der Waals surface area (Å²) in [7, 11) is 0. The highest BCUT2D eigenvalue weighted by atomic mass is 15.2. The summed E-state index contributed by atoms with van der Waals surface area (Å²) in [5, 5.41) is 0. The Bertz CT molecular complexity index is 217. The van der Waals surface area contributed by atoms with Gasteiger partial charge in [-0.1, -0.05) is 26.2 Å². The molecule has 0 spiro atoms. The van der Waals surface area contributed by atoms with E-state index in [1.807, 2.05) is 0 Å². The third kappa shape index (κ3) is 3.23. The van der Waals surface area contributed by atoms with Gasteiger partial charge in [-0.2, -0.15) is 0 Å². The van der Waals surface area contributed by atoms with Crippen LogP contribution in [-0.2, 0) is 0 Å². The van der Waals surface area contributed by atoms with Crippen molar-refractivity contribution < 1.29 is 0 Å². The lowest BCUT2D eigenvalue weighted by Crippen LogP contribution is -2.43. The minimum atomic E-state index is 0.532. The maximum absolute atomic E-state index is 5.96. The van der Waals surface area contributed by atoms with Gasteiger partial charge in [-0.15, -0.1) is 0 Å². The summed E-state index contributed by atoms with van der Waals surface area (Å²) in [6, 6.07) is 0.854. The molecule has 1 saturated carbocycles. The minimum absolute atomic E-state index is 0.532. The highest BCUT2D eigenvalue weighted by Gasteiger charge is 2.35. The second-order valence-corrected chi connectivity index (χ2v) is 6.26. The topological polar surface area (TPSA) is 29.3 Å². The standard InChI is InChI=1S/C15H30N2/c1-2-14-7-4-3-5-11-17(14)12-10-15(13-16)8-6-9-15/h14H,2-13,16H2,1H3. The molecule has 1 aliphatic heterocycles. The second-order valence-electron chi connectivity index (χ2n) is 6.26. The summed E-state index contributed by atoms with van der Waals surface area (Å²) in [4.78, 5) is 2.77. The van der Waals surface area contributed by atoms with Crippen LogP contribution < -0.4 is 5.73 Å². The van der Waals surface area contributed by atoms with Crippen LogP contribution in [-0.4, -0.2) is 30.6 Å². The van der Waals surface area contributed by atoms with E-state index in [9.17, 15) is 0 Å². The van der Waals surface area contributed by atoms with E-state index in [2.05, 4.69) is 11.8 Å². The van der Waals surface area contributed by atoms with Gasteiger partial charge in [0.1, 0.15) is 0 Å². The normalized spacial score (nSPS) is 29.6. The number of hydrogen-bond donors (Lipinski definition) is 1. The molecular weight excluding hydrogens is 208 g/mol. The maximum Gasteiger partial charge on any atom is 0.00926 e. The molecule has 2 rings (SSSR count). The van der Waals surface area contributed by atoms with Gasteiger partial charge in [-0.25, -0.2) is 0 Å². The summed E-state index contributed by atoms with van der Waals surface area (Å²) in [6.45, 7) is 5.90. The van der Waals surface area contributed by atoms with Crippen molar-refractivity contribution in [3.63, 3.8) is 0 Å². The van der Waals surface area contributed by atoms with Crippen LogP contribution in [0.25, 0.3) is 0 Å². The fourth-order valence-corrected chi connectivity index (χ4v) is 3.61. The van der Waals surface area contributed by atoms with Crippen molar-refractivity contribution in [2.45, 2.75) is 70.8 Å². The molecule has 0 amide bonds. The Kier molecular flexibility index (Phi) is 4.87. The van der Waals surface area contributed by atoms with Crippen molar-refractivity contribution in [2.75, 3.05) is 19.6 Å². The van der Waals surface area contributed by atoms with Gasteiger partial charge in [0, 0.05) is 6.04 Å². The zero-order valence-electron chi connectivity index (χ0n) is 11.6. The molecular formula is C15H30N2. The van der Waals surface area contributed by atoms with E-state index in [0.717, 1.165) is 12.6 Å². The van der Waals surface area contributed by atoms with Crippen LogP contribution in [0.5, 0.6) is 0 Å². The highest BCUT2D eigenvalue weighted by molar-refractivity contribution is 4.90. The molecule has 2 fully saturated rings. The van der Waals surface area contributed by atoms with Crippen molar-refractivity contribution >= 4 is 0 Å². The summed E-state index contributed by atoms with van der Waals surface area (Å²) in [6.07, 6.45) is 12.6. The Morgan fingerprint density at radius 1 is 1.18 bits per heavy atom. The quantitative estimate of drug-likeness (QED) is 0.797. The number of nitrogens with two attached hydrogens (primary N) is 1. The van der Waals surface area contributed by atoms with Gasteiger partial charge < -0.3 is 10.6 Å². The van der Waals surface area contributed by atoms with Gasteiger partial charge in [-0.3, -0.25) is 0 Å². The van der Waals surface area contributed by atoms with Crippen molar-refractivity contribution in [1.29, 1.82) is 0 Å². The molecule has 1 saturated heterocycles. The summed E-state index contributed by atoms with van der Waals surface area (Å²) >= 11 is 0. The number of rotatable bonds is 5. The van der Waals surface area contributed by atoms with Gasteiger partial charge >= 0.3 is 0 Å². The largest absolute Gasteiger partial charge is 0.330 e. The van der Waals surface area contributed by atoms with Crippen LogP contribution in [0.3, 0.4) is 0 Å². The zero-order valence-corrected chi connectivity index (χ0v) is 11.6. The van der Waals surface area contributed by atoms with Crippen molar-refractivity contribution in [3.8, 4) is 0 Å². The Morgan fingerprint density at radius 3 is 2.59 bits per heavy atom. The van der Waals surface area contributed by atoms with Crippen LogP contribution in [0, 0.1) is 5.41 Å². The van der Waals surface area contributed by atoms with Gasteiger partial charge in [0.05, 0.1) is 0 Å². The van der Waals surface area contributed by atoms with Gasteiger partial charge in [-0.05, 0) is 63.6 Å². The SMILES string of the molecule is CCC1CCCCCN1CCC1(CN)CCC1. The molecule has 2 aliphatic rings. The monoisotopic (exact) mass is 238 g/mol. The molecule has 1 unspecified atom stereocenters. The third-order valence-electron chi connectivity index (χ3n) is 5.25. The first kappa shape index (κ1) is 13.4. The molecule has 0 aromatic heterocycles. The lowest BCUT2D eigenvalue weighted by Gasteiger charge is -2.43. The van der Waals surface area contributed by atoms with E-state index in [1.165, 1.54) is 70.9 Å². The Balaban J connectivity index is 1.82. The molecule has 1 atom stereocenters. The molecule has 1 aliphatic carbocycles. The molecule has 2 nitrogen and oxygen atoms in total. The van der Waals surface area contributed by atoms with Crippen molar-refractivity contribution in [2.24, 2.45) is 11.1 Å². The molecule has 2 N–H and O–H groups in total. The number of hydrogen-bond acceptors (Lipinski definition) is 2. The third-order valence-corrected chi connectivity index (χ3v) is 5.25. The van der Waals surface area contributed by atoms with E-state index >= 15 is 0 Å². The summed E-state index contributed by atoms with van der Waals surface area (Å²) < 4.78 is 0. The first-order valence-corrected chi connectivity index (χ1v) is 7.74. The summed E-state index contributed by atoms with van der Waals surface area (Å²) in [5.41, 5.74) is 6.50. The number of nitrogens with zero attached hydrogens (tertiary/aromatic N) is 1. The molecule has 0 bridgehead atoms.